The normalized spacial score (nSPS) is 11.7. The van der Waals surface area contributed by atoms with Gasteiger partial charge in [0, 0.05) is 10.6 Å². The molecule has 9 heteroatoms. The van der Waals surface area contributed by atoms with E-state index in [1.165, 1.54) is 29.2 Å². The topological polar surface area (TPSA) is 112 Å². The molecule has 102 valence electrons. The smallest absolute Gasteiger partial charge is 0.238 e. The first kappa shape index (κ1) is 14.3. The van der Waals surface area contributed by atoms with E-state index >= 15 is 0 Å². The maximum absolute atomic E-state index is 11.5. The number of aryl methyl sites for hydroxylation is 1. The van der Waals surface area contributed by atoms with Gasteiger partial charge in [0.15, 0.2) is 4.34 Å². The zero-order valence-electron chi connectivity index (χ0n) is 10.2. The van der Waals surface area contributed by atoms with Crippen LogP contribution in [0.3, 0.4) is 0 Å². The van der Waals surface area contributed by atoms with Crippen LogP contribution in [0.15, 0.2) is 26.3 Å². The lowest BCUT2D eigenvalue weighted by atomic mass is 10.2. The van der Waals surface area contributed by atoms with Gasteiger partial charge in [-0.05, 0) is 31.5 Å². The summed E-state index contributed by atoms with van der Waals surface area (Å²) >= 11 is 2.75. The second-order valence-corrected chi connectivity index (χ2v) is 7.88. The monoisotopic (exact) mass is 316 g/mol. The van der Waals surface area contributed by atoms with Crippen molar-refractivity contribution in [3.8, 4) is 0 Å². The first-order valence-corrected chi connectivity index (χ1v) is 8.36. The highest BCUT2D eigenvalue weighted by molar-refractivity contribution is 8.01. The molecule has 1 aromatic carbocycles. The standard InChI is InChI=1S/C10H12N4O2S3/c1-5-8(18-10-14-13-6(2)17-10)3-7(11)4-9(5)19(12,15)16/h3-4H,11H2,1-2H3,(H2,12,15,16). The largest absolute Gasteiger partial charge is 0.399 e. The highest BCUT2D eigenvalue weighted by atomic mass is 32.2. The first-order valence-electron chi connectivity index (χ1n) is 5.18. The SMILES string of the molecule is Cc1nnc(Sc2cc(N)cc(S(N)(=O)=O)c2C)s1. The van der Waals surface area contributed by atoms with E-state index in [-0.39, 0.29) is 4.90 Å². The average Bonchev–Trinajstić information content (AvgIpc) is 2.67. The van der Waals surface area contributed by atoms with Crippen LogP contribution < -0.4 is 10.9 Å². The van der Waals surface area contributed by atoms with Crippen molar-refractivity contribution in [2.45, 2.75) is 28.0 Å². The van der Waals surface area contributed by atoms with Gasteiger partial charge in [0.25, 0.3) is 0 Å². The third kappa shape index (κ3) is 3.24. The van der Waals surface area contributed by atoms with Crippen molar-refractivity contribution in [2.24, 2.45) is 5.14 Å². The summed E-state index contributed by atoms with van der Waals surface area (Å²) in [5.74, 6) is 0. The summed E-state index contributed by atoms with van der Waals surface area (Å²) in [6.45, 7) is 3.54. The second kappa shape index (κ2) is 5.08. The number of nitrogens with zero attached hydrogens (tertiary/aromatic N) is 2. The highest BCUT2D eigenvalue weighted by Crippen LogP contribution is 2.35. The lowest BCUT2D eigenvalue weighted by Crippen LogP contribution is -2.14. The summed E-state index contributed by atoms with van der Waals surface area (Å²) in [5.41, 5.74) is 6.63. The zero-order valence-corrected chi connectivity index (χ0v) is 12.7. The predicted molar refractivity (Wildman–Crippen MR) is 75.7 cm³/mol. The van der Waals surface area contributed by atoms with Crippen molar-refractivity contribution in [1.29, 1.82) is 0 Å². The fourth-order valence-electron chi connectivity index (χ4n) is 1.50. The highest BCUT2D eigenvalue weighted by Gasteiger charge is 2.17. The van der Waals surface area contributed by atoms with Crippen molar-refractivity contribution >= 4 is 38.8 Å². The van der Waals surface area contributed by atoms with Crippen molar-refractivity contribution < 1.29 is 8.42 Å². The molecule has 2 aromatic rings. The molecule has 0 saturated carbocycles. The van der Waals surface area contributed by atoms with E-state index in [9.17, 15) is 8.42 Å². The predicted octanol–water partition coefficient (Wildman–Crippen LogP) is 1.54. The maximum atomic E-state index is 11.5. The van der Waals surface area contributed by atoms with Crippen molar-refractivity contribution in [2.75, 3.05) is 5.73 Å². The number of sulfonamides is 1. The molecular formula is C10H12N4O2S3. The second-order valence-electron chi connectivity index (χ2n) is 3.88. The Labute approximate surface area is 119 Å². The van der Waals surface area contributed by atoms with E-state index in [1.807, 2.05) is 6.92 Å². The number of primary sulfonamides is 1. The molecule has 0 bridgehead atoms. The number of hydrogen-bond acceptors (Lipinski definition) is 7. The van der Waals surface area contributed by atoms with Crippen LogP contribution in [0.5, 0.6) is 0 Å². The van der Waals surface area contributed by atoms with E-state index in [2.05, 4.69) is 10.2 Å². The van der Waals surface area contributed by atoms with Crippen LogP contribution in [0, 0.1) is 13.8 Å². The Balaban J connectivity index is 2.49. The molecule has 0 aliphatic carbocycles. The van der Waals surface area contributed by atoms with E-state index < -0.39 is 10.0 Å². The third-order valence-corrected chi connectivity index (χ3v) is 5.42. The van der Waals surface area contributed by atoms with Crippen LogP contribution in [0.25, 0.3) is 0 Å². The molecule has 0 atom stereocenters. The molecule has 4 N–H and O–H groups in total. The number of aromatic nitrogens is 2. The van der Waals surface area contributed by atoms with Gasteiger partial charge < -0.3 is 5.73 Å². The minimum Gasteiger partial charge on any atom is -0.399 e. The van der Waals surface area contributed by atoms with Crippen LogP contribution in [-0.2, 0) is 10.0 Å². The summed E-state index contributed by atoms with van der Waals surface area (Å²) in [4.78, 5) is 0.747. The van der Waals surface area contributed by atoms with Crippen LogP contribution >= 0.6 is 23.1 Å². The fourth-order valence-corrected chi connectivity index (χ4v) is 4.34. The summed E-state index contributed by atoms with van der Waals surface area (Å²) in [7, 11) is -3.79. The zero-order chi connectivity index (χ0) is 14.2. The van der Waals surface area contributed by atoms with Gasteiger partial charge in [0.2, 0.25) is 10.0 Å². The number of rotatable bonds is 3. The Morgan fingerprint density at radius 2 is 1.95 bits per heavy atom. The average molecular weight is 316 g/mol. The quantitative estimate of drug-likeness (QED) is 0.831. The first-order chi connectivity index (χ1) is 8.77. The Bertz CT molecular complexity index is 724. The lowest BCUT2D eigenvalue weighted by Gasteiger charge is -2.09. The van der Waals surface area contributed by atoms with Gasteiger partial charge >= 0.3 is 0 Å². The Morgan fingerprint density at radius 1 is 1.26 bits per heavy atom. The molecule has 0 amide bonds. The Morgan fingerprint density at radius 3 is 2.47 bits per heavy atom. The van der Waals surface area contributed by atoms with E-state index in [1.54, 1.807) is 13.0 Å². The van der Waals surface area contributed by atoms with Gasteiger partial charge in [-0.25, -0.2) is 13.6 Å². The number of benzene rings is 1. The molecule has 1 aromatic heterocycles. The molecule has 6 nitrogen and oxygen atoms in total. The Kier molecular flexibility index (Phi) is 3.81. The van der Waals surface area contributed by atoms with Gasteiger partial charge in [-0.2, -0.15) is 0 Å². The number of nitrogen functional groups attached to an aromatic ring is 1. The van der Waals surface area contributed by atoms with Gasteiger partial charge in [-0.1, -0.05) is 23.1 Å². The van der Waals surface area contributed by atoms with Gasteiger partial charge in [0.05, 0.1) is 4.90 Å². The molecule has 1 heterocycles. The van der Waals surface area contributed by atoms with Crippen LogP contribution in [0.1, 0.15) is 10.6 Å². The molecule has 2 rings (SSSR count). The van der Waals surface area contributed by atoms with E-state index in [4.69, 9.17) is 10.9 Å². The minimum absolute atomic E-state index is 0.0382. The molecule has 0 spiro atoms. The molecule has 0 radical (unpaired) electrons. The number of nitrogens with two attached hydrogens (primary N) is 2. The molecule has 19 heavy (non-hydrogen) atoms. The molecule has 0 fully saturated rings. The Hall–Kier alpha value is -1.16. The van der Waals surface area contributed by atoms with Crippen LogP contribution in [-0.4, -0.2) is 18.6 Å². The molecular weight excluding hydrogens is 304 g/mol. The lowest BCUT2D eigenvalue weighted by molar-refractivity contribution is 0.597. The third-order valence-electron chi connectivity index (χ3n) is 2.35. The number of anilines is 1. The summed E-state index contributed by atoms with van der Waals surface area (Å²) in [6.07, 6.45) is 0. The van der Waals surface area contributed by atoms with E-state index in [0.717, 1.165) is 9.35 Å². The fraction of sp³-hybridized carbons (Fsp3) is 0.200. The van der Waals surface area contributed by atoms with Crippen molar-refractivity contribution in [1.82, 2.24) is 10.2 Å². The van der Waals surface area contributed by atoms with Crippen LogP contribution in [0.2, 0.25) is 0 Å². The number of hydrogen-bond donors (Lipinski definition) is 2. The van der Waals surface area contributed by atoms with Crippen molar-refractivity contribution in [3.05, 3.63) is 22.7 Å². The molecule has 0 aliphatic rings. The minimum atomic E-state index is -3.79. The van der Waals surface area contributed by atoms with E-state index in [0.29, 0.717) is 16.1 Å². The van der Waals surface area contributed by atoms with Crippen molar-refractivity contribution in [3.63, 3.8) is 0 Å². The summed E-state index contributed by atoms with van der Waals surface area (Å²) < 4.78 is 23.7. The molecule has 0 unspecified atom stereocenters. The molecule has 0 aliphatic heterocycles. The summed E-state index contributed by atoms with van der Waals surface area (Å²) in [5, 5.41) is 13.9. The van der Waals surface area contributed by atoms with Gasteiger partial charge in [0.1, 0.15) is 5.01 Å². The van der Waals surface area contributed by atoms with Crippen LogP contribution in [0.4, 0.5) is 5.69 Å². The summed E-state index contributed by atoms with van der Waals surface area (Å²) in [6, 6.07) is 3.06. The maximum Gasteiger partial charge on any atom is 0.238 e. The van der Waals surface area contributed by atoms with Gasteiger partial charge in [-0.15, -0.1) is 10.2 Å². The molecule has 0 saturated heterocycles. The van der Waals surface area contributed by atoms with Gasteiger partial charge in [-0.3, -0.25) is 0 Å².